The van der Waals surface area contributed by atoms with Crippen LogP contribution in [0, 0.1) is 17.0 Å². The Bertz CT molecular complexity index is 1040. The molecule has 0 spiro atoms. The number of hydrogen-bond acceptors (Lipinski definition) is 4. The fraction of sp³-hybridized carbons (Fsp3) is 0.136. The Labute approximate surface area is 173 Å². The number of nitrogens with one attached hydrogen (secondary N) is 1. The molecule has 0 aromatic heterocycles. The molecule has 148 valence electrons. The van der Waals surface area contributed by atoms with Crippen molar-refractivity contribution in [3.63, 3.8) is 0 Å². The van der Waals surface area contributed by atoms with Crippen molar-refractivity contribution in [2.24, 2.45) is 0 Å². The monoisotopic (exact) mass is 410 g/mol. The highest BCUT2D eigenvalue weighted by Gasteiger charge is 2.18. The molecule has 0 unspecified atom stereocenters. The van der Waals surface area contributed by atoms with Crippen LogP contribution in [0.15, 0.2) is 66.7 Å². The van der Waals surface area contributed by atoms with Gasteiger partial charge in [-0.2, -0.15) is 0 Å². The minimum absolute atomic E-state index is 0.0905. The van der Waals surface area contributed by atoms with Crippen molar-refractivity contribution in [3.05, 3.63) is 104 Å². The van der Waals surface area contributed by atoms with Gasteiger partial charge in [0.25, 0.3) is 11.6 Å². The van der Waals surface area contributed by atoms with Crippen molar-refractivity contribution in [3.8, 4) is 5.75 Å². The third kappa shape index (κ3) is 5.12. The number of benzene rings is 3. The SMILES string of the molecule is Cc1c(C(=O)NCc2cc(Cl)ccc2OCc2ccccc2)cccc1[N+](=O)[O-]. The summed E-state index contributed by atoms with van der Waals surface area (Å²) in [4.78, 5) is 23.2. The number of nitro groups is 1. The number of nitro benzene ring substituents is 1. The van der Waals surface area contributed by atoms with Crippen molar-refractivity contribution >= 4 is 23.2 Å². The molecule has 7 heteroatoms. The van der Waals surface area contributed by atoms with E-state index in [1.165, 1.54) is 12.1 Å². The van der Waals surface area contributed by atoms with Gasteiger partial charge in [0.1, 0.15) is 12.4 Å². The maximum Gasteiger partial charge on any atom is 0.273 e. The zero-order valence-corrected chi connectivity index (χ0v) is 16.5. The van der Waals surface area contributed by atoms with Crippen LogP contribution in [0.4, 0.5) is 5.69 Å². The molecule has 3 aromatic carbocycles. The summed E-state index contributed by atoms with van der Waals surface area (Å²) in [5.41, 5.74) is 2.22. The lowest BCUT2D eigenvalue weighted by Gasteiger charge is -2.13. The summed E-state index contributed by atoms with van der Waals surface area (Å²) in [6, 6.07) is 19.3. The zero-order valence-electron chi connectivity index (χ0n) is 15.7. The minimum atomic E-state index is -0.501. The van der Waals surface area contributed by atoms with Gasteiger partial charge in [0.05, 0.1) is 4.92 Å². The normalized spacial score (nSPS) is 10.4. The summed E-state index contributed by atoms with van der Waals surface area (Å²) in [6.45, 7) is 2.11. The predicted molar refractivity (Wildman–Crippen MR) is 111 cm³/mol. The minimum Gasteiger partial charge on any atom is -0.489 e. The molecule has 0 aliphatic rings. The van der Waals surface area contributed by atoms with Gasteiger partial charge in [-0.3, -0.25) is 14.9 Å². The number of nitrogens with zero attached hydrogens (tertiary/aromatic N) is 1. The van der Waals surface area contributed by atoms with E-state index in [-0.39, 0.29) is 17.8 Å². The van der Waals surface area contributed by atoms with E-state index in [0.29, 0.717) is 28.5 Å². The maximum absolute atomic E-state index is 12.6. The van der Waals surface area contributed by atoms with E-state index in [1.807, 2.05) is 30.3 Å². The second kappa shape index (κ2) is 9.21. The smallest absolute Gasteiger partial charge is 0.273 e. The largest absolute Gasteiger partial charge is 0.489 e. The highest BCUT2D eigenvalue weighted by atomic mass is 35.5. The van der Waals surface area contributed by atoms with Crippen LogP contribution in [0.1, 0.15) is 27.0 Å². The number of amides is 1. The molecular weight excluding hydrogens is 392 g/mol. The van der Waals surface area contributed by atoms with Crippen molar-refractivity contribution in [2.75, 3.05) is 0 Å². The number of halogens is 1. The Kier molecular flexibility index (Phi) is 6.46. The van der Waals surface area contributed by atoms with Crippen molar-refractivity contribution in [2.45, 2.75) is 20.1 Å². The van der Waals surface area contributed by atoms with Crippen LogP contribution in [0.5, 0.6) is 5.75 Å². The van der Waals surface area contributed by atoms with Crippen LogP contribution in [0.2, 0.25) is 5.02 Å². The molecule has 3 rings (SSSR count). The average molecular weight is 411 g/mol. The molecule has 0 aliphatic heterocycles. The van der Waals surface area contributed by atoms with Crippen LogP contribution in [0.25, 0.3) is 0 Å². The first kappa shape index (κ1) is 20.4. The molecule has 0 atom stereocenters. The van der Waals surface area contributed by atoms with Crippen LogP contribution in [0.3, 0.4) is 0 Å². The lowest BCUT2D eigenvalue weighted by atomic mass is 10.1. The molecule has 0 heterocycles. The Hall–Kier alpha value is -3.38. The van der Waals surface area contributed by atoms with E-state index in [2.05, 4.69) is 5.32 Å². The zero-order chi connectivity index (χ0) is 20.8. The summed E-state index contributed by atoms with van der Waals surface area (Å²) in [5, 5.41) is 14.4. The molecule has 3 aromatic rings. The molecule has 6 nitrogen and oxygen atoms in total. The first-order valence-electron chi connectivity index (χ1n) is 8.93. The molecule has 0 fully saturated rings. The summed E-state index contributed by atoms with van der Waals surface area (Å²) in [6.07, 6.45) is 0. The molecule has 1 N–H and O–H groups in total. The van der Waals surface area contributed by atoms with E-state index in [1.54, 1.807) is 31.2 Å². The van der Waals surface area contributed by atoms with Gasteiger partial charge in [0.2, 0.25) is 0 Å². The predicted octanol–water partition coefficient (Wildman–Crippen LogP) is 5.07. The standard InChI is InChI=1S/C22H19ClN2O4/c1-15-19(8-5-9-20(15)25(27)28)22(26)24-13-17-12-18(23)10-11-21(17)29-14-16-6-3-2-4-7-16/h2-12H,13-14H2,1H3,(H,24,26). The fourth-order valence-electron chi connectivity index (χ4n) is 2.90. The van der Waals surface area contributed by atoms with Crippen LogP contribution >= 0.6 is 11.6 Å². The van der Waals surface area contributed by atoms with Crippen molar-refractivity contribution in [1.82, 2.24) is 5.32 Å². The second-order valence-electron chi connectivity index (χ2n) is 6.42. The number of carbonyl (C=O) groups is 1. The molecule has 29 heavy (non-hydrogen) atoms. The highest BCUT2D eigenvalue weighted by molar-refractivity contribution is 6.30. The molecule has 0 saturated heterocycles. The molecule has 0 radical (unpaired) electrons. The van der Waals surface area contributed by atoms with Gasteiger partial charge in [0.15, 0.2) is 0 Å². The number of hydrogen-bond donors (Lipinski definition) is 1. The Balaban J connectivity index is 1.73. The number of ether oxygens (including phenoxy) is 1. The lowest BCUT2D eigenvalue weighted by Crippen LogP contribution is -2.24. The van der Waals surface area contributed by atoms with Crippen LogP contribution < -0.4 is 10.1 Å². The third-order valence-electron chi connectivity index (χ3n) is 4.45. The van der Waals surface area contributed by atoms with E-state index in [9.17, 15) is 14.9 Å². The summed E-state index contributed by atoms with van der Waals surface area (Å²) >= 11 is 6.10. The van der Waals surface area contributed by atoms with Gasteiger partial charge >= 0.3 is 0 Å². The van der Waals surface area contributed by atoms with E-state index in [4.69, 9.17) is 16.3 Å². The lowest BCUT2D eigenvalue weighted by molar-refractivity contribution is -0.385. The number of rotatable bonds is 7. The van der Waals surface area contributed by atoms with Crippen molar-refractivity contribution in [1.29, 1.82) is 0 Å². The molecule has 1 amide bonds. The molecule has 0 bridgehead atoms. The average Bonchev–Trinajstić information content (AvgIpc) is 2.72. The Morgan fingerprint density at radius 3 is 2.59 bits per heavy atom. The number of carbonyl (C=O) groups excluding carboxylic acids is 1. The second-order valence-corrected chi connectivity index (χ2v) is 6.85. The van der Waals surface area contributed by atoms with Crippen LogP contribution in [-0.2, 0) is 13.2 Å². The van der Waals surface area contributed by atoms with Crippen LogP contribution in [-0.4, -0.2) is 10.8 Å². The van der Waals surface area contributed by atoms with E-state index >= 15 is 0 Å². The Morgan fingerprint density at radius 1 is 1.10 bits per heavy atom. The summed E-state index contributed by atoms with van der Waals surface area (Å²) in [7, 11) is 0. The van der Waals surface area contributed by atoms with Gasteiger partial charge in [0, 0.05) is 34.3 Å². The fourth-order valence-corrected chi connectivity index (χ4v) is 3.09. The van der Waals surface area contributed by atoms with Gasteiger partial charge in [-0.25, -0.2) is 0 Å². The molecule has 0 aliphatic carbocycles. The maximum atomic E-state index is 12.6. The van der Waals surface area contributed by atoms with Gasteiger partial charge in [-0.15, -0.1) is 0 Å². The third-order valence-corrected chi connectivity index (χ3v) is 4.68. The highest BCUT2D eigenvalue weighted by Crippen LogP contribution is 2.25. The van der Waals surface area contributed by atoms with E-state index < -0.39 is 10.8 Å². The quantitative estimate of drug-likeness (QED) is 0.435. The van der Waals surface area contributed by atoms with Crippen molar-refractivity contribution < 1.29 is 14.5 Å². The van der Waals surface area contributed by atoms with Gasteiger partial charge in [-0.05, 0) is 36.8 Å². The Morgan fingerprint density at radius 2 is 1.86 bits per heavy atom. The first-order chi connectivity index (χ1) is 14.0. The van der Waals surface area contributed by atoms with Gasteiger partial charge in [-0.1, -0.05) is 48.0 Å². The topological polar surface area (TPSA) is 81.5 Å². The summed E-state index contributed by atoms with van der Waals surface area (Å²) in [5.74, 6) is 0.203. The van der Waals surface area contributed by atoms with Gasteiger partial charge < -0.3 is 10.1 Å². The first-order valence-corrected chi connectivity index (χ1v) is 9.31. The molecule has 0 saturated carbocycles. The van der Waals surface area contributed by atoms with E-state index in [0.717, 1.165) is 5.56 Å². The molecular formula is C22H19ClN2O4. The summed E-state index contributed by atoms with van der Waals surface area (Å²) < 4.78 is 5.89.